The Hall–Kier alpha value is -4.56. The first-order valence-electron chi connectivity index (χ1n) is 13.2. The molecule has 0 aliphatic carbocycles. The van der Waals surface area contributed by atoms with E-state index in [2.05, 4.69) is 133 Å². The Morgan fingerprint density at radius 1 is 0.548 bits per heavy atom. The monoisotopic (exact) mass is 577 g/mol. The van der Waals surface area contributed by atoms with Crippen LogP contribution >= 0.6 is 0 Å². The number of ether oxygens (including phenoxy) is 1. The van der Waals surface area contributed by atoms with Crippen LogP contribution in [-0.4, -0.2) is 7.11 Å². The standard InChI is InChI=1S/C35H28NO.ClHO4/c1-36-22-21-31(30-15-9-10-16-34(30)36)35-32(26-11-5-3-6-12-26)23-28(25-17-19-29(37-2)20-18-25)24-33(35)27-13-7-4-8-14-27;2-1(3,4)5/h3-24H,1-2H3;(H,2,3,4,5)/q+1;/p-1. The van der Waals surface area contributed by atoms with Gasteiger partial charge < -0.3 is 4.74 Å². The van der Waals surface area contributed by atoms with E-state index in [-0.39, 0.29) is 0 Å². The van der Waals surface area contributed by atoms with Gasteiger partial charge in [-0.15, -0.1) is 10.2 Å². The van der Waals surface area contributed by atoms with Gasteiger partial charge in [-0.3, -0.25) is 0 Å². The first kappa shape index (κ1) is 29.0. The molecule has 210 valence electrons. The van der Waals surface area contributed by atoms with Gasteiger partial charge in [0.1, 0.15) is 12.8 Å². The third-order valence-electron chi connectivity index (χ3n) is 7.04. The highest BCUT2D eigenvalue weighted by atomic mass is 35.7. The maximum absolute atomic E-state index is 8.49. The van der Waals surface area contributed by atoms with Crippen LogP contribution in [0.15, 0.2) is 134 Å². The van der Waals surface area contributed by atoms with E-state index in [1.165, 1.54) is 49.8 Å². The molecule has 5 aromatic carbocycles. The van der Waals surface area contributed by atoms with Crippen LogP contribution < -0.4 is 27.9 Å². The highest BCUT2D eigenvalue weighted by Crippen LogP contribution is 2.45. The van der Waals surface area contributed by atoms with Crippen LogP contribution in [0.2, 0.25) is 0 Å². The number of rotatable bonds is 5. The number of aromatic nitrogens is 1. The lowest BCUT2D eigenvalue weighted by molar-refractivity contribution is -2.00. The molecule has 0 unspecified atom stereocenters. The molecule has 1 heterocycles. The van der Waals surface area contributed by atoms with Crippen LogP contribution in [0.4, 0.5) is 0 Å². The van der Waals surface area contributed by atoms with Gasteiger partial charge in [-0.25, -0.2) is 23.2 Å². The third-order valence-corrected chi connectivity index (χ3v) is 7.04. The third kappa shape index (κ3) is 6.66. The summed E-state index contributed by atoms with van der Waals surface area (Å²) in [6.07, 6.45) is 2.17. The first-order chi connectivity index (χ1) is 20.2. The molecule has 1 aromatic heterocycles. The van der Waals surface area contributed by atoms with E-state index in [0.29, 0.717) is 0 Å². The summed E-state index contributed by atoms with van der Waals surface area (Å²) >= 11 is 0. The fraction of sp³-hybridized carbons (Fsp3) is 0.0571. The fourth-order valence-electron chi connectivity index (χ4n) is 5.16. The fourth-order valence-corrected chi connectivity index (χ4v) is 5.16. The van der Waals surface area contributed by atoms with Crippen LogP contribution in [0.5, 0.6) is 5.75 Å². The molecular weight excluding hydrogens is 550 g/mol. The van der Waals surface area contributed by atoms with Crippen molar-refractivity contribution >= 4 is 10.9 Å². The molecule has 0 radical (unpaired) electrons. The van der Waals surface area contributed by atoms with Crippen LogP contribution in [0.3, 0.4) is 0 Å². The van der Waals surface area contributed by atoms with Crippen molar-refractivity contribution in [1.29, 1.82) is 0 Å². The quantitative estimate of drug-likeness (QED) is 0.291. The van der Waals surface area contributed by atoms with Gasteiger partial charge in [-0.05, 0) is 69.3 Å². The molecule has 0 N–H and O–H groups in total. The van der Waals surface area contributed by atoms with Crippen molar-refractivity contribution in [1.82, 2.24) is 0 Å². The molecular formula is C35H28ClNO5. The maximum atomic E-state index is 8.49. The Morgan fingerprint density at radius 3 is 1.57 bits per heavy atom. The number of fused-ring (bicyclic) bond motifs is 1. The van der Waals surface area contributed by atoms with Gasteiger partial charge in [-0.2, -0.15) is 0 Å². The van der Waals surface area contributed by atoms with E-state index in [1.54, 1.807) is 7.11 Å². The Morgan fingerprint density at radius 2 is 1.05 bits per heavy atom. The Kier molecular flexibility index (Phi) is 8.64. The minimum Gasteiger partial charge on any atom is -0.497 e. The maximum Gasteiger partial charge on any atom is 0.212 e. The zero-order chi connectivity index (χ0) is 29.7. The van der Waals surface area contributed by atoms with Crippen LogP contribution in [0.1, 0.15) is 0 Å². The van der Waals surface area contributed by atoms with Crippen molar-refractivity contribution < 1.29 is 38.2 Å². The zero-order valence-electron chi connectivity index (χ0n) is 23.1. The summed E-state index contributed by atoms with van der Waals surface area (Å²) in [6, 6.07) is 45.3. The number of aryl methyl sites for hydroxylation is 1. The number of methoxy groups -OCH3 is 1. The molecule has 6 aromatic rings. The average molecular weight is 578 g/mol. The van der Waals surface area contributed by atoms with Crippen molar-refractivity contribution in [2.45, 2.75) is 0 Å². The van der Waals surface area contributed by atoms with Crippen molar-refractivity contribution in [3.8, 4) is 50.3 Å². The predicted octanol–water partition coefficient (Wildman–Crippen LogP) is 3.58. The van der Waals surface area contributed by atoms with E-state index in [1.807, 2.05) is 12.1 Å². The topological polar surface area (TPSA) is 105 Å². The molecule has 0 saturated carbocycles. The van der Waals surface area contributed by atoms with E-state index >= 15 is 0 Å². The molecule has 6 rings (SSSR count). The van der Waals surface area contributed by atoms with Gasteiger partial charge in [0, 0.05) is 17.7 Å². The second kappa shape index (κ2) is 12.5. The number of halogens is 1. The molecule has 42 heavy (non-hydrogen) atoms. The van der Waals surface area contributed by atoms with Crippen LogP contribution in [0.25, 0.3) is 55.4 Å². The summed E-state index contributed by atoms with van der Waals surface area (Å²) in [6.45, 7) is 0. The van der Waals surface area contributed by atoms with Gasteiger partial charge >= 0.3 is 0 Å². The molecule has 0 spiro atoms. The largest absolute Gasteiger partial charge is 0.497 e. The average Bonchev–Trinajstić information content (AvgIpc) is 3.01. The molecule has 6 nitrogen and oxygen atoms in total. The summed E-state index contributed by atoms with van der Waals surface area (Å²) in [5.74, 6) is 0.857. The van der Waals surface area contributed by atoms with Crippen LogP contribution in [-0.2, 0) is 7.05 Å². The Labute approximate surface area is 246 Å². The number of benzene rings is 5. The molecule has 0 fully saturated rings. The molecule has 0 aliphatic rings. The number of pyridine rings is 1. The van der Waals surface area contributed by atoms with Gasteiger partial charge in [0.2, 0.25) is 5.52 Å². The summed E-state index contributed by atoms with van der Waals surface area (Å²) in [5.41, 5.74) is 10.8. The lowest BCUT2D eigenvalue weighted by Crippen LogP contribution is -2.68. The highest BCUT2D eigenvalue weighted by molar-refractivity contribution is 6.04. The number of hydrogen-bond donors (Lipinski definition) is 0. The Balaban J connectivity index is 0.000000652. The van der Waals surface area contributed by atoms with Crippen molar-refractivity contribution in [3.63, 3.8) is 0 Å². The molecule has 0 aliphatic heterocycles. The lowest BCUT2D eigenvalue weighted by Gasteiger charge is -2.20. The summed E-state index contributed by atoms with van der Waals surface area (Å²) < 4.78 is 41.6. The smallest absolute Gasteiger partial charge is 0.212 e. The van der Waals surface area contributed by atoms with Crippen LogP contribution in [0, 0.1) is 10.2 Å². The number of para-hydroxylation sites is 1. The first-order valence-corrected chi connectivity index (χ1v) is 14.4. The van der Waals surface area contributed by atoms with E-state index in [9.17, 15) is 0 Å². The van der Waals surface area contributed by atoms with Gasteiger partial charge in [-0.1, -0.05) is 84.9 Å². The van der Waals surface area contributed by atoms with Crippen molar-refractivity contribution in [3.05, 3.63) is 134 Å². The van der Waals surface area contributed by atoms with Crippen molar-refractivity contribution in [2.75, 3.05) is 7.11 Å². The minimum absolute atomic E-state index is 0.857. The summed E-state index contributed by atoms with van der Waals surface area (Å²) in [4.78, 5) is 0. The van der Waals surface area contributed by atoms with Gasteiger partial charge in [0.25, 0.3) is 0 Å². The minimum atomic E-state index is -4.94. The molecule has 0 bridgehead atoms. The zero-order valence-corrected chi connectivity index (χ0v) is 23.8. The highest BCUT2D eigenvalue weighted by Gasteiger charge is 2.20. The molecule has 0 saturated heterocycles. The molecule has 0 atom stereocenters. The predicted molar refractivity (Wildman–Crippen MR) is 153 cm³/mol. The lowest BCUT2D eigenvalue weighted by atomic mass is 9.84. The summed E-state index contributed by atoms with van der Waals surface area (Å²) in [7, 11) is -1.13. The number of nitrogens with zero attached hydrogens (tertiary/aromatic N) is 1. The Bertz CT molecular complexity index is 1740. The molecule has 7 heteroatoms. The van der Waals surface area contributed by atoms with Gasteiger partial charge in [0.15, 0.2) is 6.20 Å². The van der Waals surface area contributed by atoms with Gasteiger partial charge in [0.05, 0.1) is 12.5 Å². The summed E-state index contributed by atoms with van der Waals surface area (Å²) in [5, 5.41) is 1.24. The SMILES string of the molecule is COc1ccc(-c2cc(-c3ccccc3)c(-c3cc[n+](C)c4ccccc34)c(-c3ccccc3)c2)cc1.[O-][Cl+3]([O-])([O-])[O-]. The van der Waals surface area contributed by atoms with E-state index in [4.69, 9.17) is 23.4 Å². The normalized spacial score (nSPS) is 11.1. The second-order valence-electron chi connectivity index (χ2n) is 9.64. The second-order valence-corrected chi connectivity index (χ2v) is 10.4. The number of hydrogen-bond acceptors (Lipinski definition) is 5. The van der Waals surface area contributed by atoms with E-state index in [0.717, 1.165) is 11.3 Å². The van der Waals surface area contributed by atoms with E-state index < -0.39 is 10.2 Å². The van der Waals surface area contributed by atoms with Crippen molar-refractivity contribution in [2.24, 2.45) is 7.05 Å². The molecule has 0 amide bonds.